The highest BCUT2D eigenvalue weighted by Crippen LogP contribution is 2.28. The Kier molecular flexibility index (Phi) is 5.20. The number of hydrogen-bond donors (Lipinski definition) is 0. The first kappa shape index (κ1) is 15.4. The summed E-state index contributed by atoms with van der Waals surface area (Å²) in [6, 6.07) is 7.09. The van der Waals surface area contributed by atoms with Crippen molar-refractivity contribution >= 4 is 11.8 Å². The van der Waals surface area contributed by atoms with E-state index in [-0.39, 0.29) is 17.7 Å². The Labute approximate surface area is 124 Å². The van der Waals surface area contributed by atoms with E-state index in [4.69, 9.17) is 14.2 Å². The molecular formula is C16H20O5. The molecule has 1 fully saturated rings. The van der Waals surface area contributed by atoms with Crippen LogP contribution in [0.4, 0.5) is 0 Å². The van der Waals surface area contributed by atoms with E-state index >= 15 is 0 Å². The molecule has 1 saturated carbocycles. The summed E-state index contributed by atoms with van der Waals surface area (Å²) in [6.07, 6.45) is 0.656. The van der Waals surface area contributed by atoms with E-state index in [2.05, 4.69) is 0 Å². The van der Waals surface area contributed by atoms with Crippen molar-refractivity contribution in [3.8, 4) is 11.5 Å². The molecule has 0 radical (unpaired) electrons. The predicted molar refractivity (Wildman–Crippen MR) is 76.4 cm³/mol. The van der Waals surface area contributed by atoms with E-state index in [1.807, 2.05) is 0 Å². The minimum Gasteiger partial charge on any atom is -0.497 e. The third kappa shape index (κ3) is 3.97. The highest BCUT2D eigenvalue weighted by molar-refractivity contribution is 5.86. The van der Waals surface area contributed by atoms with Crippen molar-refractivity contribution in [1.82, 2.24) is 0 Å². The van der Waals surface area contributed by atoms with Gasteiger partial charge in [0.1, 0.15) is 11.5 Å². The van der Waals surface area contributed by atoms with E-state index < -0.39 is 6.10 Å². The predicted octanol–water partition coefficient (Wildman–Crippen LogP) is 2.37. The van der Waals surface area contributed by atoms with Gasteiger partial charge in [-0.1, -0.05) is 6.07 Å². The quantitative estimate of drug-likeness (QED) is 0.780. The number of carbonyl (C=O) groups is 2. The van der Waals surface area contributed by atoms with Crippen molar-refractivity contribution in [3.63, 3.8) is 0 Å². The Hall–Kier alpha value is -2.04. The maximum atomic E-state index is 12.0. The van der Waals surface area contributed by atoms with Gasteiger partial charge in [-0.05, 0) is 25.5 Å². The summed E-state index contributed by atoms with van der Waals surface area (Å²) in [4.78, 5) is 23.8. The molecule has 0 amide bonds. The molecule has 0 N–H and O–H groups in total. The van der Waals surface area contributed by atoms with E-state index in [1.54, 1.807) is 38.3 Å². The summed E-state index contributed by atoms with van der Waals surface area (Å²) in [5.74, 6) is 0.746. The zero-order valence-corrected chi connectivity index (χ0v) is 12.3. The molecule has 1 aliphatic rings. The van der Waals surface area contributed by atoms with Gasteiger partial charge in [-0.2, -0.15) is 0 Å². The Morgan fingerprint density at radius 3 is 2.81 bits per heavy atom. The molecule has 0 heterocycles. The molecule has 1 aliphatic carbocycles. The maximum Gasteiger partial charge on any atom is 0.309 e. The molecule has 0 aliphatic heterocycles. The third-order valence-corrected chi connectivity index (χ3v) is 3.54. The molecule has 2 rings (SSSR count). The minimum absolute atomic E-state index is 0.0263. The van der Waals surface area contributed by atoms with Crippen LogP contribution < -0.4 is 9.47 Å². The molecule has 0 bridgehead atoms. The zero-order valence-electron chi connectivity index (χ0n) is 12.3. The van der Waals surface area contributed by atoms with Crippen LogP contribution in [0.15, 0.2) is 24.3 Å². The second kappa shape index (κ2) is 7.11. The minimum atomic E-state index is -0.597. The van der Waals surface area contributed by atoms with Crippen LogP contribution in [0, 0.1) is 5.92 Å². The topological polar surface area (TPSA) is 61.8 Å². The largest absolute Gasteiger partial charge is 0.497 e. The molecule has 0 aromatic heterocycles. The van der Waals surface area contributed by atoms with Crippen LogP contribution in [0.2, 0.25) is 0 Å². The number of ketones is 1. The van der Waals surface area contributed by atoms with Crippen molar-refractivity contribution in [2.75, 3.05) is 13.7 Å². The van der Waals surface area contributed by atoms with Gasteiger partial charge in [-0.15, -0.1) is 0 Å². The first-order valence-electron chi connectivity index (χ1n) is 7.14. The molecule has 5 heteroatoms. The molecule has 1 aromatic rings. The Morgan fingerprint density at radius 2 is 2.10 bits per heavy atom. The second-order valence-corrected chi connectivity index (χ2v) is 4.98. The van der Waals surface area contributed by atoms with Crippen LogP contribution in [0.25, 0.3) is 0 Å². The van der Waals surface area contributed by atoms with Crippen molar-refractivity contribution in [1.29, 1.82) is 0 Å². The lowest BCUT2D eigenvalue weighted by molar-refractivity contribution is -0.151. The van der Waals surface area contributed by atoms with Crippen LogP contribution in [0.1, 0.15) is 26.2 Å². The Morgan fingerprint density at radius 1 is 1.33 bits per heavy atom. The van der Waals surface area contributed by atoms with Gasteiger partial charge in [0.25, 0.3) is 0 Å². The van der Waals surface area contributed by atoms with Crippen molar-refractivity contribution < 1.29 is 23.8 Å². The van der Waals surface area contributed by atoms with Crippen LogP contribution in [0.5, 0.6) is 11.5 Å². The van der Waals surface area contributed by atoms with Crippen molar-refractivity contribution in [3.05, 3.63) is 24.3 Å². The standard InChI is InChI=1S/C16H20O5/c1-3-20-16(18)11-7-8-14(17)15(9-11)21-13-6-4-5-12(10-13)19-2/h4-6,10-11,15H,3,7-9H2,1-2H3. The lowest BCUT2D eigenvalue weighted by Gasteiger charge is -2.27. The second-order valence-electron chi connectivity index (χ2n) is 4.98. The first-order valence-corrected chi connectivity index (χ1v) is 7.14. The van der Waals surface area contributed by atoms with Gasteiger partial charge in [-0.25, -0.2) is 0 Å². The lowest BCUT2D eigenvalue weighted by Crippen LogP contribution is -2.37. The Balaban J connectivity index is 2.03. The van der Waals surface area contributed by atoms with Gasteiger partial charge < -0.3 is 14.2 Å². The average molecular weight is 292 g/mol. The van der Waals surface area contributed by atoms with E-state index in [0.717, 1.165) is 0 Å². The summed E-state index contributed by atoms with van der Waals surface area (Å²) in [7, 11) is 1.57. The molecule has 2 atom stereocenters. The van der Waals surface area contributed by atoms with Crippen molar-refractivity contribution in [2.24, 2.45) is 5.92 Å². The van der Waals surface area contributed by atoms with Gasteiger partial charge in [-0.3, -0.25) is 9.59 Å². The number of benzene rings is 1. The van der Waals surface area contributed by atoms with Crippen LogP contribution in [0.3, 0.4) is 0 Å². The van der Waals surface area contributed by atoms with Gasteiger partial charge in [0, 0.05) is 18.9 Å². The first-order chi connectivity index (χ1) is 10.1. The SMILES string of the molecule is CCOC(=O)C1CCC(=O)C(Oc2cccc(OC)c2)C1. The maximum absolute atomic E-state index is 12.0. The smallest absolute Gasteiger partial charge is 0.309 e. The van der Waals surface area contributed by atoms with Gasteiger partial charge in [0.05, 0.1) is 19.6 Å². The van der Waals surface area contributed by atoms with Crippen molar-refractivity contribution in [2.45, 2.75) is 32.3 Å². The number of Topliss-reactive ketones (excluding diaryl/α,β-unsaturated/α-hetero) is 1. The highest BCUT2D eigenvalue weighted by atomic mass is 16.5. The van der Waals surface area contributed by atoms with Gasteiger partial charge in [0.15, 0.2) is 11.9 Å². The molecule has 0 saturated heterocycles. The van der Waals surface area contributed by atoms with E-state index in [1.165, 1.54) is 0 Å². The fourth-order valence-corrected chi connectivity index (χ4v) is 2.41. The molecule has 5 nitrogen and oxygen atoms in total. The fourth-order valence-electron chi connectivity index (χ4n) is 2.41. The lowest BCUT2D eigenvalue weighted by atomic mass is 9.86. The third-order valence-electron chi connectivity index (χ3n) is 3.54. The fraction of sp³-hybridized carbons (Fsp3) is 0.500. The number of carbonyl (C=O) groups excluding carboxylic acids is 2. The van der Waals surface area contributed by atoms with E-state index in [0.29, 0.717) is 37.4 Å². The highest BCUT2D eigenvalue weighted by Gasteiger charge is 2.34. The summed E-state index contributed by atoms with van der Waals surface area (Å²) in [5.41, 5.74) is 0. The molecule has 2 unspecified atom stereocenters. The number of methoxy groups -OCH3 is 1. The zero-order chi connectivity index (χ0) is 15.2. The number of rotatable bonds is 5. The average Bonchev–Trinajstić information content (AvgIpc) is 2.50. The summed E-state index contributed by atoms with van der Waals surface area (Å²) in [6.45, 7) is 2.13. The van der Waals surface area contributed by atoms with Crippen LogP contribution in [-0.4, -0.2) is 31.6 Å². The summed E-state index contributed by atoms with van der Waals surface area (Å²) in [5, 5.41) is 0. The number of ether oxygens (including phenoxy) is 3. The normalized spacial score (nSPS) is 21.7. The molecule has 114 valence electrons. The summed E-state index contributed by atoms with van der Waals surface area (Å²) >= 11 is 0. The van der Waals surface area contributed by atoms with Crippen LogP contribution in [-0.2, 0) is 14.3 Å². The van der Waals surface area contributed by atoms with E-state index in [9.17, 15) is 9.59 Å². The molecular weight excluding hydrogens is 272 g/mol. The van der Waals surface area contributed by atoms with Crippen LogP contribution >= 0.6 is 0 Å². The molecule has 1 aromatic carbocycles. The van der Waals surface area contributed by atoms with Gasteiger partial charge in [0.2, 0.25) is 0 Å². The number of esters is 1. The monoisotopic (exact) mass is 292 g/mol. The van der Waals surface area contributed by atoms with Gasteiger partial charge >= 0.3 is 5.97 Å². The summed E-state index contributed by atoms with van der Waals surface area (Å²) < 4.78 is 15.9. The number of hydrogen-bond acceptors (Lipinski definition) is 5. The molecule has 0 spiro atoms. The molecule has 21 heavy (non-hydrogen) atoms. The Bertz CT molecular complexity index is 511.